The van der Waals surface area contributed by atoms with Crippen LogP contribution in [0.2, 0.25) is 0 Å². The van der Waals surface area contributed by atoms with Crippen LogP contribution in [0.4, 0.5) is 0 Å². The molecule has 4 atom stereocenters. The summed E-state index contributed by atoms with van der Waals surface area (Å²) in [6, 6.07) is 3.54. The summed E-state index contributed by atoms with van der Waals surface area (Å²) in [5, 5.41) is 15.4. The lowest BCUT2D eigenvalue weighted by Gasteiger charge is -2.28. The van der Waals surface area contributed by atoms with Crippen LogP contribution in [0.25, 0.3) is 10.9 Å². The highest BCUT2D eigenvalue weighted by Crippen LogP contribution is 2.22. The molecule has 0 saturated carbocycles. The number of thiol groups is 1. The molecule has 2 aromatic rings. The highest BCUT2D eigenvalue weighted by Gasteiger charge is 2.38. The van der Waals surface area contributed by atoms with Gasteiger partial charge in [-0.3, -0.25) is 19.4 Å². The van der Waals surface area contributed by atoms with Crippen molar-refractivity contribution in [2.75, 3.05) is 18.8 Å². The van der Waals surface area contributed by atoms with Gasteiger partial charge < -0.3 is 42.8 Å². The summed E-state index contributed by atoms with van der Waals surface area (Å²) in [7, 11) is 0. The molecule has 1 fully saturated rings. The fourth-order valence-electron chi connectivity index (χ4n) is 4.61. The molecule has 0 bridgehead atoms. The molecule has 4 unspecified atom stereocenters. The molecule has 0 radical (unpaired) electrons. The maximum atomic E-state index is 13.4. The van der Waals surface area contributed by atoms with E-state index in [9.17, 15) is 24.3 Å². The largest absolute Gasteiger partial charge is 0.480 e. The van der Waals surface area contributed by atoms with Crippen molar-refractivity contribution in [3.8, 4) is 0 Å². The molecule has 3 amide bonds. The van der Waals surface area contributed by atoms with E-state index in [1.165, 1.54) is 4.90 Å². The number of hydrogen-bond donors (Lipinski definition) is 8. The first kappa shape index (κ1) is 29.8. The number of aromatic nitrogens is 1. The predicted molar refractivity (Wildman–Crippen MR) is 150 cm³/mol. The fraction of sp³-hybridized carbons (Fsp3) is 0.480. The zero-order valence-corrected chi connectivity index (χ0v) is 22.4. The molecule has 39 heavy (non-hydrogen) atoms. The van der Waals surface area contributed by atoms with E-state index in [0.717, 1.165) is 16.5 Å². The number of carbonyl (C=O) groups excluding carboxylic acids is 3. The van der Waals surface area contributed by atoms with Crippen LogP contribution < -0.4 is 27.8 Å². The summed E-state index contributed by atoms with van der Waals surface area (Å²) in [5.41, 5.74) is 18.4. The number of carboxylic acid groups (broad SMARTS) is 1. The van der Waals surface area contributed by atoms with Gasteiger partial charge in [-0.05, 0) is 37.3 Å². The highest BCUT2D eigenvalue weighted by atomic mass is 32.1. The minimum Gasteiger partial charge on any atom is -0.480 e. The van der Waals surface area contributed by atoms with Crippen molar-refractivity contribution >= 4 is 53.2 Å². The molecule has 212 valence electrons. The minimum atomic E-state index is -1.24. The van der Waals surface area contributed by atoms with Crippen LogP contribution in [-0.4, -0.2) is 87.7 Å². The summed E-state index contributed by atoms with van der Waals surface area (Å²) < 4.78 is 0. The second-order valence-corrected chi connectivity index (χ2v) is 9.82. The van der Waals surface area contributed by atoms with E-state index in [-0.39, 0.29) is 24.0 Å². The fourth-order valence-corrected chi connectivity index (χ4v) is 4.86. The number of rotatable bonds is 13. The van der Waals surface area contributed by atoms with Crippen LogP contribution in [0.3, 0.4) is 0 Å². The molecule has 13 nitrogen and oxygen atoms in total. The van der Waals surface area contributed by atoms with E-state index >= 15 is 0 Å². The van der Waals surface area contributed by atoms with E-state index in [0.29, 0.717) is 38.8 Å². The SMILES string of the molecule is NC(N)=NCCCC(N)C(=O)N1CCCC1C(=O)NC(Cc1c[nH]c2ccccc12)C(=O)NC(CS)C(=O)O. The van der Waals surface area contributed by atoms with E-state index in [4.69, 9.17) is 17.2 Å². The number of nitrogens with one attached hydrogen (secondary N) is 3. The highest BCUT2D eigenvalue weighted by molar-refractivity contribution is 7.80. The van der Waals surface area contributed by atoms with Crippen molar-refractivity contribution in [1.82, 2.24) is 20.5 Å². The molecule has 0 aliphatic carbocycles. The number of aliphatic imine (C=N–C) groups is 1. The van der Waals surface area contributed by atoms with Gasteiger partial charge in [-0.1, -0.05) is 18.2 Å². The van der Waals surface area contributed by atoms with E-state index in [1.54, 1.807) is 6.20 Å². The Morgan fingerprint density at radius 1 is 1.18 bits per heavy atom. The Balaban J connectivity index is 1.74. The first-order valence-electron chi connectivity index (χ1n) is 12.7. The number of nitrogens with two attached hydrogens (primary N) is 3. The minimum absolute atomic E-state index is 0.0403. The molecule has 10 N–H and O–H groups in total. The number of carbonyl (C=O) groups is 4. The third-order valence-electron chi connectivity index (χ3n) is 6.65. The third-order valence-corrected chi connectivity index (χ3v) is 7.02. The standard InChI is InChI=1S/C25H36N8O5S/c26-16(6-3-9-29-25(27)28)23(36)33-10-4-8-20(33)22(35)31-18(21(34)32-19(13-39)24(37)38)11-14-12-30-17-7-2-1-5-15(14)17/h1-2,5,7,12,16,18-20,30,39H,3-4,6,8-11,13,26H2,(H,31,35)(H,32,34)(H,37,38)(H4,27,28,29). The van der Waals surface area contributed by atoms with Gasteiger partial charge in [-0.15, -0.1) is 0 Å². The van der Waals surface area contributed by atoms with Crippen molar-refractivity contribution in [1.29, 1.82) is 0 Å². The number of H-pyrrole nitrogens is 1. The number of aliphatic carboxylic acids is 1. The molecular formula is C25H36N8O5S. The van der Waals surface area contributed by atoms with E-state index in [1.807, 2.05) is 24.3 Å². The summed E-state index contributed by atoms with van der Waals surface area (Å²) >= 11 is 4.01. The van der Waals surface area contributed by atoms with Gasteiger partial charge in [-0.2, -0.15) is 12.6 Å². The van der Waals surface area contributed by atoms with Gasteiger partial charge in [0.2, 0.25) is 17.7 Å². The number of benzene rings is 1. The molecule has 3 rings (SSSR count). The predicted octanol–water partition coefficient (Wildman–Crippen LogP) is -0.934. The Labute approximate surface area is 231 Å². The number of amides is 3. The lowest BCUT2D eigenvalue weighted by atomic mass is 10.0. The van der Waals surface area contributed by atoms with Gasteiger partial charge in [-0.25, -0.2) is 4.79 Å². The molecule has 1 aromatic carbocycles. The first-order valence-corrected chi connectivity index (χ1v) is 13.4. The van der Waals surface area contributed by atoms with Crippen LogP contribution >= 0.6 is 12.6 Å². The van der Waals surface area contributed by atoms with Crippen molar-refractivity contribution in [3.05, 3.63) is 36.0 Å². The number of carboxylic acids is 1. The maximum absolute atomic E-state index is 13.4. The monoisotopic (exact) mass is 560 g/mol. The van der Waals surface area contributed by atoms with Crippen LogP contribution in [0, 0.1) is 0 Å². The molecule has 0 spiro atoms. The van der Waals surface area contributed by atoms with E-state index in [2.05, 4.69) is 33.2 Å². The first-order chi connectivity index (χ1) is 18.6. The Hall–Kier alpha value is -3.78. The van der Waals surface area contributed by atoms with Crippen molar-refractivity contribution in [3.63, 3.8) is 0 Å². The smallest absolute Gasteiger partial charge is 0.327 e. The molecule has 1 aliphatic heterocycles. The third kappa shape index (κ3) is 7.86. The van der Waals surface area contributed by atoms with Gasteiger partial charge in [0.25, 0.3) is 0 Å². The zero-order chi connectivity index (χ0) is 28.5. The van der Waals surface area contributed by atoms with Gasteiger partial charge in [0.15, 0.2) is 5.96 Å². The second kappa shape index (κ2) is 13.8. The van der Waals surface area contributed by atoms with Crippen molar-refractivity contribution in [2.24, 2.45) is 22.2 Å². The van der Waals surface area contributed by atoms with Crippen LogP contribution in [0.1, 0.15) is 31.2 Å². The number of likely N-dealkylation sites (tertiary alicyclic amines) is 1. The lowest BCUT2D eigenvalue weighted by Crippen LogP contribution is -2.57. The van der Waals surface area contributed by atoms with Gasteiger partial charge >= 0.3 is 5.97 Å². The normalized spacial score (nSPS) is 17.3. The number of hydrogen-bond acceptors (Lipinski definition) is 7. The molecule has 1 aliphatic rings. The Morgan fingerprint density at radius 2 is 1.92 bits per heavy atom. The number of fused-ring (bicyclic) bond motifs is 1. The Morgan fingerprint density at radius 3 is 2.62 bits per heavy atom. The Kier molecular flexibility index (Phi) is 10.6. The van der Waals surface area contributed by atoms with Crippen molar-refractivity contribution < 1.29 is 24.3 Å². The summed E-state index contributed by atoms with van der Waals surface area (Å²) in [6.45, 7) is 0.694. The molecular weight excluding hydrogens is 524 g/mol. The molecule has 1 aromatic heterocycles. The van der Waals surface area contributed by atoms with Crippen molar-refractivity contribution in [2.45, 2.75) is 56.3 Å². The molecule has 2 heterocycles. The van der Waals surface area contributed by atoms with Crippen LogP contribution in [-0.2, 0) is 25.6 Å². The average Bonchev–Trinajstić information content (AvgIpc) is 3.56. The number of para-hydroxylation sites is 1. The summed E-state index contributed by atoms with van der Waals surface area (Å²) in [5.74, 6) is -2.94. The zero-order valence-electron chi connectivity index (χ0n) is 21.5. The molecule has 14 heteroatoms. The van der Waals surface area contributed by atoms with Gasteiger partial charge in [0, 0.05) is 42.4 Å². The van der Waals surface area contributed by atoms with Crippen LogP contribution in [0.15, 0.2) is 35.5 Å². The number of aromatic amines is 1. The topological polar surface area (TPSA) is 222 Å². The lowest BCUT2D eigenvalue weighted by molar-refractivity contribution is -0.142. The number of nitrogens with zero attached hydrogens (tertiary/aromatic N) is 2. The molecule has 1 saturated heterocycles. The average molecular weight is 561 g/mol. The Bertz CT molecular complexity index is 1210. The van der Waals surface area contributed by atoms with Gasteiger partial charge in [0.1, 0.15) is 18.1 Å². The number of guanidine groups is 1. The van der Waals surface area contributed by atoms with Gasteiger partial charge in [0.05, 0.1) is 6.04 Å². The second-order valence-electron chi connectivity index (χ2n) is 9.45. The van der Waals surface area contributed by atoms with E-state index < -0.39 is 42.0 Å². The summed E-state index contributed by atoms with van der Waals surface area (Å²) in [6.07, 6.45) is 3.70. The quantitative estimate of drug-likeness (QED) is 0.0659. The van der Waals surface area contributed by atoms with Crippen LogP contribution in [0.5, 0.6) is 0 Å². The summed E-state index contributed by atoms with van der Waals surface area (Å²) in [4.78, 5) is 59.6. The maximum Gasteiger partial charge on any atom is 0.327 e.